The molecule has 6 nitrogen and oxygen atoms in total. The molecule has 162 valence electrons. The van der Waals surface area contributed by atoms with Crippen LogP contribution in [0.1, 0.15) is 39.7 Å². The molecule has 1 amide bonds. The van der Waals surface area contributed by atoms with E-state index in [1.807, 2.05) is 0 Å². The lowest BCUT2D eigenvalue weighted by Crippen LogP contribution is -2.23. The number of aromatic nitrogens is 2. The van der Waals surface area contributed by atoms with Crippen LogP contribution in [0.5, 0.6) is 5.75 Å². The molecule has 0 saturated carbocycles. The minimum Gasteiger partial charge on any atom is -0.497 e. The highest BCUT2D eigenvalue weighted by molar-refractivity contribution is 6.33. The van der Waals surface area contributed by atoms with Crippen LogP contribution in [-0.2, 0) is 17.5 Å². The average molecular weight is 452 g/mol. The number of carbonyl (C=O) groups excluding carboxylic acids is 1. The van der Waals surface area contributed by atoms with Crippen LogP contribution in [0.4, 0.5) is 13.2 Å². The summed E-state index contributed by atoms with van der Waals surface area (Å²) in [5.41, 5.74) is -0.658. The number of methoxy groups -OCH3 is 1. The summed E-state index contributed by atoms with van der Waals surface area (Å²) < 4.78 is 52.6. The van der Waals surface area contributed by atoms with E-state index in [0.29, 0.717) is 12.2 Å². The number of amides is 1. The molecule has 2 aromatic heterocycles. The van der Waals surface area contributed by atoms with Crippen LogP contribution in [0, 0.1) is 0 Å². The summed E-state index contributed by atoms with van der Waals surface area (Å²) in [5.74, 6) is -0.0200. The Balaban J connectivity index is 1.66. The third-order valence-corrected chi connectivity index (χ3v) is 5.24. The van der Waals surface area contributed by atoms with E-state index in [-0.39, 0.29) is 23.0 Å². The first kappa shape index (κ1) is 21.0. The lowest BCUT2D eigenvalue weighted by molar-refractivity contribution is -0.136. The van der Waals surface area contributed by atoms with Crippen LogP contribution in [0.15, 0.2) is 48.9 Å². The van der Waals surface area contributed by atoms with E-state index >= 15 is 0 Å². The van der Waals surface area contributed by atoms with Crippen LogP contribution >= 0.6 is 11.6 Å². The van der Waals surface area contributed by atoms with Gasteiger partial charge in [-0.15, -0.1) is 0 Å². The van der Waals surface area contributed by atoms with Gasteiger partial charge in [-0.05, 0) is 29.8 Å². The quantitative estimate of drug-likeness (QED) is 0.598. The maximum Gasteiger partial charge on any atom is 0.419 e. The Bertz CT molecular complexity index is 1150. The predicted octanol–water partition coefficient (Wildman–Crippen LogP) is 4.92. The first-order valence-electron chi connectivity index (χ1n) is 9.28. The third-order valence-electron chi connectivity index (χ3n) is 4.88. The zero-order valence-electron chi connectivity index (χ0n) is 16.2. The Kier molecular flexibility index (Phi) is 5.53. The number of rotatable bonds is 5. The van der Waals surface area contributed by atoms with Crippen molar-refractivity contribution in [2.45, 2.75) is 25.2 Å². The molecule has 3 aromatic rings. The van der Waals surface area contributed by atoms with Crippen molar-refractivity contribution in [1.82, 2.24) is 14.7 Å². The number of hydrogen-bond donors (Lipinski definition) is 1. The number of nitrogens with zero attached hydrogens (tertiary/aromatic N) is 2. The van der Waals surface area contributed by atoms with Crippen LogP contribution in [0.3, 0.4) is 0 Å². The van der Waals surface area contributed by atoms with Gasteiger partial charge < -0.3 is 14.8 Å². The van der Waals surface area contributed by atoms with Gasteiger partial charge in [-0.25, -0.2) is 4.98 Å². The van der Waals surface area contributed by atoms with Crippen LogP contribution in [0.2, 0.25) is 5.15 Å². The number of nitrogens with one attached hydrogen (secondary N) is 1. The van der Waals surface area contributed by atoms with Gasteiger partial charge in [0.15, 0.2) is 11.3 Å². The summed E-state index contributed by atoms with van der Waals surface area (Å²) in [6, 6.07) is 7.96. The molecule has 0 aliphatic carbocycles. The second-order valence-electron chi connectivity index (χ2n) is 6.89. The van der Waals surface area contributed by atoms with Crippen molar-refractivity contribution in [3.8, 4) is 5.75 Å². The fourth-order valence-electron chi connectivity index (χ4n) is 3.28. The highest BCUT2D eigenvalue weighted by Crippen LogP contribution is 2.37. The van der Waals surface area contributed by atoms with Crippen molar-refractivity contribution >= 4 is 23.2 Å². The number of ether oxygens (including phenoxy) is 2. The van der Waals surface area contributed by atoms with Crippen molar-refractivity contribution in [3.05, 3.63) is 76.4 Å². The third kappa shape index (κ3) is 4.18. The number of benzene rings is 1. The molecule has 1 aliphatic heterocycles. The predicted molar refractivity (Wildman–Crippen MR) is 107 cm³/mol. The van der Waals surface area contributed by atoms with Crippen molar-refractivity contribution < 1.29 is 27.4 Å². The normalized spacial score (nSPS) is 15.8. The zero-order chi connectivity index (χ0) is 22.2. The molecule has 0 saturated heterocycles. The molecule has 0 spiro atoms. The lowest BCUT2D eigenvalue weighted by Gasteiger charge is -2.15. The Morgan fingerprint density at radius 1 is 1.35 bits per heavy atom. The maximum atomic E-state index is 13.7. The second kappa shape index (κ2) is 8.14. The van der Waals surface area contributed by atoms with E-state index in [9.17, 15) is 18.0 Å². The van der Waals surface area contributed by atoms with E-state index in [1.165, 1.54) is 19.6 Å². The summed E-state index contributed by atoms with van der Waals surface area (Å²) in [6.45, 7) is 0.145. The van der Waals surface area contributed by atoms with Gasteiger partial charge in [-0.1, -0.05) is 23.7 Å². The number of hydrogen-bond acceptors (Lipinski definition) is 4. The molecule has 1 aromatic carbocycles. The molecule has 31 heavy (non-hydrogen) atoms. The molecule has 0 fully saturated rings. The molecule has 0 radical (unpaired) electrons. The highest BCUT2D eigenvalue weighted by Gasteiger charge is 2.36. The van der Waals surface area contributed by atoms with Gasteiger partial charge in [-0.3, -0.25) is 9.20 Å². The Morgan fingerprint density at radius 2 is 2.10 bits per heavy atom. The number of carbonyl (C=O) groups is 1. The zero-order valence-corrected chi connectivity index (χ0v) is 17.0. The molecule has 1 N–H and O–H groups in total. The molecular formula is C21H17ClF3N3O3. The number of alkyl halides is 3. The summed E-state index contributed by atoms with van der Waals surface area (Å²) in [7, 11) is 1.54. The Morgan fingerprint density at radius 3 is 2.71 bits per heavy atom. The van der Waals surface area contributed by atoms with Crippen molar-refractivity contribution in [1.29, 1.82) is 0 Å². The Hall–Kier alpha value is -3.20. The highest BCUT2D eigenvalue weighted by atomic mass is 35.5. The van der Waals surface area contributed by atoms with Gasteiger partial charge >= 0.3 is 6.18 Å². The summed E-state index contributed by atoms with van der Waals surface area (Å²) in [4.78, 5) is 16.5. The molecule has 1 aliphatic rings. The van der Waals surface area contributed by atoms with Gasteiger partial charge in [0.05, 0.1) is 18.9 Å². The van der Waals surface area contributed by atoms with E-state index in [4.69, 9.17) is 21.1 Å². The summed E-state index contributed by atoms with van der Waals surface area (Å²) in [6.07, 6.45) is -0.237. The lowest BCUT2D eigenvalue weighted by atomic mass is 10.1. The standard InChI is InChI=1S/C21H17ClF3N3O3/c1-30-14-6-4-12(5-7-14)10-26-20(29)17-18(22)28-11-13(16-3-2-8-31-16)9-15(19(28)27-17)21(23,24)25/h2,4-9,11,16H,3,10H2,1H3,(H,26,29). The molecular weight excluding hydrogens is 435 g/mol. The van der Waals surface area contributed by atoms with E-state index in [1.54, 1.807) is 30.3 Å². The smallest absolute Gasteiger partial charge is 0.419 e. The van der Waals surface area contributed by atoms with E-state index < -0.39 is 29.4 Å². The summed E-state index contributed by atoms with van der Waals surface area (Å²) >= 11 is 6.27. The monoisotopic (exact) mass is 451 g/mol. The topological polar surface area (TPSA) is 64.9 Å². The number of fused-ring (bicyclic) bond motifs is 1. The van der Waals surface area contributed by atoms with Gasteiger partial charge in [0.2, 0.25) is 0 Å². The van der Waals surface area contributed by atoms with Gasteiger partial charge in [0.1, 0.15) is 17.0 Å². The second-order valence-corrected chi connectivity index (χ2v) is 7.25. The first-order chi connectivity index (χ1) is 14.8. The number of imidazole rings is 1. The molecule has 3 heterocycles. The van der Waals surface area contributed by atoms with Crippen LogP contribution in [0.25, 0.3) is 5.65 Å². The number of halogens is 4. The van der Waals surface area contributed by atoms with Crippen LogP contribution in [-0.4, -0.2) is 22.4 Å². The van der Waals surface area contributed by atoms with Gasteiger partial charge in [0, 0.05) is 24.7 Å². The largest absolute Gasteiger partial charge is 0.497 e. The maximum absolute atomic E-state index is 13.7. The fourth-order valence-corrected chi connectivity index (χ4v) is 3.53. The molecule has 1 unspecified atom stereocenters. The molecule has 4 rings (SSSR count). The molecule has 1 atom stereocenters. The SMILES string of the molecule is COc1ccc(CNC(=O)c2nc3c(C(F)(F)F)cc(C4CC=CO4)cn3c2Cl)cc1. The molecule has 0 bridgehead atoms. The van der Waals surface area contributed by atoms with Crippen molar-refractivity contribution in [2.24, 2.45) is 0 Å². The Labute approximate surface area is 180 Å². The minimum absolute atomic E-state index is 0.145. The first-order valence-corrected chi connectivity index (χ1v) is 9.66. The van der Waals surface area contributed by atoms with Crippen molar-refractivity contribution in [2.75, 3.05) is 7.11 Å². The van der Waals surface area contributed by atoms with E-state index in [0.717, 1.165) is 16.0 Å². The fraction of sp³-hybridized carbons (Fsp3) is 0.238. The summed E-state index contributed by atoms with van der Waals surface area (Å²) in [5, 5.41) is 2.42. The van der Waals surface area contributed by atoms with Crippen LogP contribution < -0.4 is 10.1 Å². The minimum atomic E-state index is -4.69. The van der Waals surface area contributed by atoms with Gasteiger partial charge in [-0.2, -0.15) is 13.2 Å². The van der Waals surface area contributed by atoms with Crippen molar-refractivity contribution in [3.63, 3.8) is 0 Å². The molecule has 10 heteroatoms. The average Bonchev–Trinajstić information content (AvgIpc) is 3.40. The van der Waals surface area contributed by atoms with Gasteiger partial charge in [0.25, 0.3) is 5.91 Å². The number of pyridine rings is 1. The van der Waals surface area contributed by atoms with E-state index in [2.05, 4.69) is 10.3 Å².